The van der Waals surface area contributed by atoms with Gasteiger partial charge < -0.3 is 9.64 Å². The van der Waals surface area contributed by atoms with Crippen molar-refractivity contribution in [3.8, 4) is 0 Å². The minimum atomic E-state index is 0.0442. The standard InChI is InChI=1S/C14H20BrNO2/c1-10(2)16(7-8-18-4)14(17)12-6-5-11(3)13(15)9-12/h5-6,9-10H,7-8H2,1-4H3. The second-order valence-electron chi connectivity index (χ2n) is 4.55. The Bertz CT molecular complexity index is 418. The molecule has 0 fully saturated rings. The lowest BCUT2D eigenvalue weighted by Gasteiger charge is -2.26. The van der Waals surface area contributed by atoms with Crippen LogP contribution in [0.3, 0.4) is 0 Å². The van der Waals surface area contributed by atoms with Crippen molar-refractivity contribution in [3.63, 3.8) is 0 Å². The highest BCUT2D eigenvalue weighted by atomic mass is 79.9. The van der Waals surface area contributed by atoms with Gasteiger partial charge in [-0.3, -0.25) is 4.79 Å². The number of carbonyl (C=O) groups excluding carboxylic acids is 1. The van der Waals surface area contributed by atoms with E-state index in [0.717, 1.165) is 10.0 Å². The Morgan fingerprint density at radius 1 is 1.44 bits per heavy atom. The summed E-state index contributed by atoms with van der Waals surface area (Å²) < 4.78 is 6.01. The van der Waals surface area contributed by atoms with Crippen molar-refractivity contribution in [1.29, 1.82) is 0 Å². The molecular weight excluding hydrogens is 294 g/mol. The third-order valence-corrected chi connectivity index (χ3v) is 3.69. The highest BCUT2D eigenvalue weighted by Crippen LogP contribution is 2.19. The summed E-state index contributed by atoms with van der Waals surface area (Å²) in [7, 11) is 1.64. The van der Waals surface area contributed by atoms with Gasteiger partial charge in [0.15, 0.2) is 0 Å². The molecule has 100 valence electrons. The molecule has 1 amide bonds. The predicted molar refractivity (Wildman–Crippen MR) is 76.9 cm³/mol. The summed E-state index contributed by atoms with van der Waals surface area (Å²) >= 11 is 3.46. The number of carbonyl (C=O) groups is 1. The van der Waals surface area contributed by atoms with Crippen molar-refractivity contribution in [1.82, 2.24) is 4.90 Å². The summed E-state index contributed by atoms with van der Waals surface area (Å²) in [4.78, 5) is 14.2. The van der Waals surface area contributed by atoms with E-state index < -0.39 is 0 Å². The van der Waals surface area contributed by atoms with Crippen molar-refractivity contribution in [2.24, 2.45) is 0 Å². The SMILES string of the molecule is COCCN(C(=O)c1ccc(C)c(Br)c1)C(C)C. The number of methoxy groups -OCH3 is 1. The molecule has 1 aromatic rings. The molecular formula is C14H20BrNO2. The van der Waals surface area contributed by atoms with E-state index in [1.165, 1.54) is 0 Å². The van der Waals surface area contributed by atoms with E-state index in [1.54, 1.807) is 7.11 Å². The highest BCUT2D eigenvalue weighted by Gasteiger charge is 2.18. The quantitative estimate of drug-likeness (QED) is 0.835. The van der Waals surface area contributed by atoms with E-state index in [9.17, 15) is 4.79 Å². The van der Waals surface area contributed by atoms with Crippen LogP contribution < -0.4 is 0 Å². The summed E-state index contributed by atoms with van der Waals surface area (Å²) in [6.07, 6.45) is 0. The lowest BCUT2D eigenvalue weighted by Crippen LogP contribution is -2.39. The minimum Gasteiger partial charge on any atom is -0.383 e. The first kappa shape index (κ1) is 15.2. The second-order valence-corrected chi connectivity index (χ2v) is 5.40. The van der Waals surface area contributed by atoms with Crippen molar-refractivity contribution >= 4 is 21.8 Å². The van der Waals surface area contributed by atoms with Crippen LogP contribution in [-0.4, -0.2) is 37.1 Å². The summed E-state index contributed by atoms with van der Waals surface area (Å²) in [5.74, 6) is 0.0442. The normalized spacial score (nSPS) is 10.8. The topological polar surface area (TPSA) is 29.5 Å². The fourth-order valence-electron chi connectivity index (χ4n) is 1.68. The molecule has 0 aromatic heterocycles. The molecule has 0 aliphatic heterocycles. The van der Waals surface area contributed by atoms with E-state index in [-0.39, 0.29) is 11.9 Å². The van der Waals surface area contributed by atoms with Crippen LogP contribution in [0.1, 0.15) is 29.8 Å². The number of halogens is 1. The zero-order valence-corrected chi connectivity index (χ0v) is 13.0. The molecule has 3 nitrogen and oxygen atoms in total. The molecule has 0 atom stereocenters. The molecule has 0 bridgehead atoms. The van der Waals surface area contributed by atoms with Crippen molar-refractivity contribution in [2.45, 2.75) is 26.8 Å². The Balaban J connectivity index is 2.91. The Kier molecular flexibility index (Phi) is 5.82. The Morgan fingerprint density at radius 3 is 2.61 bits per heavy atom. The van der Waals surface area contributed by atoms with Crippen LogP contribution >= 0.6 is 15.9 Å². The van der Waals surface area contributed by atoms with Gasteiger partial charge in [-0.2, -0.15) is 0 Å². The van der Waals surface area contributed by atoms with Gasteiger partial charge >= 0.3 is 0 Å². The van der Waals surface area contributed by atoms with Crippen molar-refractivity contribution < 1.29 is 9.53 Å². The van der Waals surface area contributed by atoms with Crippen LogP contribution in [0.15, 0.2) is 22.7 Å². The molecule has 18 heavy (non-hydrogen) atoms. The van der Waals surface area contributed by atoms with Gasteiger partial charge in [0.25, 0.3) is 5.91 Å². The predicted octanol–water partition coefficient (Wildman–Crippen LogP) is 3.25. The number of nitrogens with zero attached hydrogens (tertiary/aromatic N) is 1. The van der Waals surface area contributed by atoms with Crippen molar-refractivity contribution in [3.05, 3.63) is 33.8 Å². The Hall–Kier alpha value is -0.870. The van der Waals surface area contributed by atoms with Crippen LogP contribution in [0.2, 0.25) is 0 Å². The maximum absolute atomic E-state index is 12.4. The van der Waals surface area contributed by atoms with Gasteiger partial charge in [0.1, 0.15) is 0 Å². The van der Waals surface area contributed by atoms with Gasteiger partial charge in [0, 0.05) is 29.7 Å². The summed E-state index contributed by atoms with van der Waals surface area (Å²) in [5, 5.41) is 0. The second kappa shape index (κ2) is 6.90. The molecule has 0 heterocycles. The number of aryl methyl sites for hydroxylation is 1. The first-order valence-electron chi connectivity index (χ1n) is 6.03. The largest absolute Gasteiger partial charge is 0.383 e. The van der Waals surface area contributed by atoms with E-state index >= 15 is 0 Å². The number of ether oxygens (including phenoxy) is 1. The van der Waals surface area contributed by atoms with Gasteiger partial charge in [-0.1, -0.05) is 22.0 Å². The number of rotatable bonds is 5. The molecule has 0 aliphatic carbocycles. The fourth-order valence-corrected chi connectivity index (χ4v) is 2.05. The van der Waals surface area contributed by atoms with Gasteiger partial charge in [-0.25, -0.2) is 0 Å². The van der Waals surface area contributed by atoms with Crippen LogP contribution in [0.5, 0.6) is 0 Å². The van der Waals surface area contributed by atoms with E-state index in [4.69, 9.17) is 4.74 Å². The molecule has 0 spiro atoms. The number of amides is 1. The number of hydrogen-bond acceptors (Lipinski definition) is 2. The van der Waals surface area contributed by atoms with Gasteiger partial charge in [-0.15, -0.1) is 0 Å². The first-order chi connectivity index (χ1) is 8.47. The van der Waals surface area contributed by atoms with Gasteiger partial charge in [0.05, 0.1) is 6.61 Å². The molecule has 0 saturated heterocycles. The van der Waals surface area contributed by atoms with Gasteiger partial charge in [-0.05, 0) is 38.5 Å². The summed E-state index contributed by atoms with van der Waals surface area (Å²) in [6.45, 7) is 7.19. The van der Waals surface area contributed by atoms with Gasteiger partial charge in [0.2, 0.25) is 0 Å². The maximum atomic E-state index is 12.4. The fraction of sp³-hybridized carbons (Fsp3) is 0.500. The smallest absolute Gasteiger partial charge is 0.254 e. The van der Waals surface area contributed by atoms with Crippen molar-refractivity contribution in [2.75, 3.05) is 20.3 Å². The molecule has 0 aliphatic rings. The highest BCUT2D eigenvalue weighted by molar-refractivity contribution is 9.10. The summed E-state index contributed by atoms with van der Waals surface area (Å²) in [5.41, 5.74) is 1.83. The van der Waals surface area contributed by atoms with E-state index in [2.05, 4.69) is 15.9 Å². The molecule has 1 aromatic carbocycles. The maximum Gasteiger partial charge on any atom is 0.254 e. The Labute approximate surface area is 117 Å². The first-order valence-corrected chi connectivity index (χ1v) is 6.82. The summed E-state index contributed by atoms with van der Waals surface area (Å²) in [6, 6.07) is 5.85. The van der Waals surface area contributed by atoms with Crippen LogP contribution in [0.4, 0.5) is 0 Å². The van der Waals surface area contributed by atoms with Crippen LogP contribution in [-0.2, 0) is 4.74 Å². The lowest BCUT2D eigenvalue weighted by atomic mass is 10.1. The zero-order chi connectivity index (χ0) is 13.7. The lowest BCUT2D eigenvalue weighted by molar-refractivity contribution is 0.0635. The van der Waals surface area contributed by atoms with E-state index in [1.807, 2.05) is 43.9 Å². The molecule has 0 N–H and O–H groups in total. The molecule has 4 heteroatoms. The zero-order valence-electron chi connectivity index (χ0n) is 11.4. The molecule has 0 unspecified atom stereocenters. The monoisotopic (exact) mass is 313 g/mol. The minimum absolute atomic E-state index is 0.0442. The van der Waals surface area contributed by atoms with Crippen LogP contribution in [0, 0.1) is 6.92 Å². The molecule has 1 rings (SSSR count). The average Bonchev–Trinajstić information content (AvgIpc) is 2.32. The molecule has 0 saturated carbocycles. The van der Waals surface area contributed by atoms with Crippen LogP contribution in [0.25, 0.3) is 0 Å². The van der Waals surface area contributed by atoms with E-state index in [0.29, 0.717) is 18.7 Å². The Morgan fingerprint density at radius 2 is 2.11 bits per heavy atom. The number of hydrogen-bond donors (Lipinski definition) is 0. The molecule has 0 radical (unpaired) electrons. The third-order valence-electron chi connectivity index (χ3n) is 2.84. The average molecular weight is 314 g/mol. The number of benzene rings is 1. The third kappa shape index (κ3) is 3.82.